The van der Waals surface area contributed by atoms with Crippen molar-refractivity contribution < 1.29 is 42.1 Å². The second-order valence-electron chi connectivity index (χ2n) is 15.7. The predicted molar refractivity (Wildman–Crippen MR) is 260 cm³/mol. The summed E-state index contributed by atoms with van der Waals surface area (Å²) in [5, 5.41) is 0. The Morgan fingerprint density at radius 3 is 1.32 bits per heavy atom. The number of allylic oxidation sites excluding steroid dienone is 22. The van der Waals surface area contributed by atoms with Crippen molar-refractivity contribution in [3.05, 3.63) is 134 Å². The van der Waals surface area contributed by atoms with Gasteiger partial charge in [0, 0.05) is 12.8 Å². The lowest BCUT2D eigenvalue weighted by atomic mass is 10.1. The first-order chi connectivity index (χ1) is 30.0. The van der Waals surface area contributed by atoms with Crippen LogP contribution in [0.25, 0.3) is 0 Å². The van der Waals surface area contributed by atoms with Gasteiger partial charge in [0.05, 0.1) is 27.7 Å². The lowest BCUT2D eigenvalue weighted by Crippen LogP contribution is -2.37. The molecule has 0 saturated carbocycles. The molecule has 0 aromatic rings. The van der Waals surface area contributed by atoms with Crippen molar-refractivity contribution in [2.75, 3.05) is 47.5 Å². The van der Waals surface area contributed by atoms with E-state index in [1.807, 2.05) is 33.3 Å². The number of carbonyl (C=O) groups excluding carboxylic acids is 2. The normalized spacial score (nSPS) is 14.7. The van der Waals surface area contributed by atoms with E-state index < -0.39 is 32.5 Å². The smallest absolute Gasteiger partial charge is 0.462 e. The number of phosphoric ester groups is 1. The van der Waals surface area contributed by atoms with Crippen LogP contribution in [-0.4, -0.2) is 74.9 Å². The second-order valence-corrected chi connectivity index (χ2v) is 17.1. The fraction of sp³-hybridized carbons (Fsp3) is 0.538. The number of quaternary nitrogens is 1. The van der Waals surface area contributed by atoms with E-state index >= 15 is 0 Å². The van der Waals surface area contributed by atoms with E-state index in [9.17, 15) is 19.0 Å². The molecule has 1 N–H and O–H groups in total. The van der Waals surface area contributed by atoms with Crippen LogP contribution in [0.4, 0.5) is 0 Å². The number of hydrogen-bond acceptors (Lipinski definition) is 7. The topological polar surface area (TPSA) is 108 Å². The highest BCUT2D eigenvalue weighted by Crippen LogP contribution is 2.43. The minimum absolute atomic E-state index is 0.00490. The summed E-state index contributed by atoms with van der Waals surface area (Å²) in [4.78, 5) is 35.4. The molecule has 0 bridgehead atoms. The lowest BCUT2D eigenvalue weighted by Gasteiger charge is -2.24. The largest absolute Gasteiger partial charge is 0.472 e. The molecule has 0 aliphatic carbocycles. The van der Waals surface area contributed by atoms with E-state index in [1.54, 1.807) is 0 Å². The predicted octanol–water partition coefficient (Wildman–Crippen LogP) is 13.5. The van der Waals surface area contributed by atoms with Crippen LogP contribution >= 0.6 is 7.82 Å². The number of unbranched alkanes of at least 4 members (excludes halogenated alkanes) is 3. The molecule has 1 unspecified atom stereocenters. The van der Waals surface area contributed by atoms with Gasteiger partial charge in [0.2, 0.25) is 0 Å². The fourth-order valence-electron chi connectivity index (χ4n) is 5.18. The van der Waals surface area contributed by atoms with E-state index in [0.717, 1.165) is 89.9 Å². The average molecular weight is 881 g/mol. The molecule has 62 heavy (non-hydrogen) atoms. The van der Waals surface area contributed by atoms with E-state index in [2.05, 4.69) is 135 Å². The molecule has 0 amide bonds. The zero-order valence-corrected chi connectivity index (χ0v) is 39.9. The highest BCUT2D eigenvalue weighted by Gasteiger charge is 2.27. The van der Waals surface area contributed by atoms with Crippen LogP contribution < -0.4 is 0 Å². The molecule has 2 atom stereocenters. The zero-order chi connectivity index (χ0) is 45.7. The van der Waals surface area contributed by atoms with E-state index in [4.69, 9.17) is 18.5 Å². The van der Waals surface area contributed by atoms with Gasteiger partial charge in [0.1, 0.15) is 19.8 Å². The van der Waals surface area contributed by atoms with Crippen LogP contribution in [0.1, 0.15) is 129 Å². The SMILES string of the molecule is CC/C=C\C/C=C\C/C=C\C/C=C\C/C=C\C/C=C\CCC(=O)OC[C@H](COP(=O)(O)OCC[N+](C)(C)C)OC(=O)CCCCC/C=C\C/C=C\C/C=C\C/C=C\C/C=C\CC. The third-order valence-corrected chi connectivity index (χ3v) is 9.67. The van der Waals surface area contributed by atoms with Gasteiger partial charge in [0.15, 0.2) is 6.10 Å². The molecule has 0 aliphatic rings. The molecular weight excluding hydrogens is 798 g/mol. The van der Waals surface area contributed by atoms with Gasteiger partial charge < -0.3 is 18.9 Å². The van der Waals surface area contributed by atoms with Crippen molar-refractivity contribution in [3.63, 3.8) is 0 Å². The first-order valence-electron chi connectivity index (χ1n) is 22.9. The maximum absolute atomic E-state index is 12.7. The molecular formula is C52H83NO8P+. The Kier molecular flexibility index (Phi) is 39.8. The fourth-order valence-corrected chi connectivity index (χ4v) is 5.92. The zero-order valence-electron chi connectivity index (χ0n) is 39.0. The third-order valence-electron chi connectivity index (χ3n) is 8.69. The van der Waals surface area contributed by atoms with Crippen LogP contribution in [0.5, 0.6) is 0 Å². The number of rotatable bonds is 39. The van der Waals surface area contributed by atoms with Crippen molar-refractivity contribution in [1.29, 1.82) is 0 Å². The minimum atomic E-state index is -4.41. The molecule has 10 heteroatoms. The van der Waals surface area contributed by atoms with Crippen LogP contribution in [0.3, 0.4) is 0 Å². The standard InChI is InChI=1S/C52H82NO8P/c1-6-8-10-12-14-16-18-20-22-24-26-28-30-32-34-36-38-40-42-44-51(54)58-48-50(49-60-62(56,57)59-47-46-53(3,4)5)61-52(55)45-43-41-39-37-35-33-31-29-27-25-23-21-19-17-15-13-11-9-7-2/h8-11,14-17,20-23,26-29,32-35,38,40,50H,6-7,12-13,18-19,24-25,30-31,36-37,39,41-49H2,1-5H3/p+1/b10-8-,11-9-,16-14-,17-15-,22-20-,23-21-,28-26-,29-27-,34-32-,35-33-,40-38-/t50-/m1/s1. The Morgan fingerprint density at radius 1 is 0.500 bits per heavy atom. The van der Waals surface area contributed by atoms with Gasteiger partial charge in [-0.3, -0.25) is 18.6 Å². The number of nitrogens with zero attached hydrogens (tertiary/aromatic N) is 1. The Bertz CT molecular complexity index is 1510. The first-order valence-corrected chi connectivity index (χ1v) is 24.4. The molecule has 0 rings (SSSR count). The van der Waals surface area contributed by atoms with E-state index in [-0.39, 0.29) is 26.1 Å². The summed E-state index contributed by atoms with van der Waals surface area (Å²) in [5.74, 6) is -0.951. The van der Waals surface area contributed by atoms with Gasteiger partial charge in [-0.1, -0.05) is 154 Å². The number of likely N-dealkylation sites (N-methyl/N-ethyl adjacent to an activating group) is 1. The molecule has 0 saturated heterocycles. The summed E-state index contributed by atoms with van der Waals surface area (Å²) in [7, 11) is 1.39. The van der Waals surface area contributed by atoms with Crippen molar-refractivity contribution in [2.45, 2.75) is 136 Å². The molecule has 0 spiro atoms. The van der Waals surface area contributed by atoms with E-state index in [1.165, 1.54) is 0 Å². The lowest BCUT2D eigenvalue weighted by molar-refractivity contribution is -0.870. The Labute approximate surface area is 377 Å². The average Bonchev–Trinajstić information content (AvgIpc) is 3.23. The molecule has 348 valence electrons. The molecule has 0 fully saturated rings. The van der Waals surface area contributed by atoms with Crippen molar-refractivity contribution in [3.8, 4) is 0 Å². The van der Waals surface area contributed by atoms with Crippen molar-refractivity contribution in [2.24, 2.45) is 0 Å². The third kappa shape index (κ3) is 45.7. The number of hydrogen-bond donors (Lipinski definition) is 1. The van der Waals surface area contributed by atoms with Gasteiger partial charge in [0.25, 0.3) is 0 Å². The summed E-state index contributed by atoms with van der Waals surface area (Å²) in [6.07, 6.45) is 60.9. The van der Waals surface area contributed by atoms with Gasteiger partial charge in [-0.05, 0) is 96.3 Å². The van der Waals surface area contributed by atoms with Crippen LogP contribution in [-0.2, 0) is 32.7 Å². The number of ether oxygens (including phenoxy) is 2. The van der Waals surface area contributed by atoms with Crippen LogP contribution in [0, 0.1) is 0 Å². The molecule has 9 nitrogen and oxygen atoms in total. The van der Waals surface area contributed by atoms with E-state index in [0.29, 0.717) is 23.9 Å². The summed E-state index contributed by atoms with van der Waals surface area (Å²) >= 11 is 0. The molecule has 0 aliphatic heterocycles. The minimum Gasteiger partial charge on any atom is -0.462 e. The molecule has 0 aromatic carbocycles. The van der Waals surface area contributed by atoms with Crippen LogP contribution in [0.15, 0.2) is 134 Å². The maximum atomic E-state index is 12.7. The Hall–Kier alpha value is -3.85. The number of esters is 2. The Balaban J connectivity index is 4.56. The first kappa shape index (κ1) is 58.1. The van der Waals surface area contributed by atoms with Gasteiger partial charge >= 0.3 is 19.8 Å². The quantitative estimate of drug-likeness (QED) is 0.0214. The highest BCUT2D eigenvalue weighted by atomic mass is 31.2. The van der Waals surface area contributed by atoms with Gasteiger partial charge in [-0.25, -0.2) is 4.57 Å². The number of phosphoric acid groups is 1. The Morgan fingerprint density at radius 2 is 0.903 bits per heavy atom. The molecule has 0 heterocycles. The molecule has 0 aromatic heterocycles. The summed E-state index contributed by atoms with van der Waals surface area (Å²) in [6, 6.07) is 0. The van der Waals surface area contributed by atoms with Crippen molar-refractivity contribution in [1.82, 2.24) is 0 Å². The monoisotopic (exact) mass is 881 g/mol. The maximum Gasteiger partial charge on any atom is 0.472 e. The summed E-state index contributed by atoms with van der Waals surface area (Å²) < 4.78 is 34.2. The van der Waals surface area contributed by atoms with Crippen LogP contribution in [0.2, 0.25) is 0 Å². The van der Waals surface area contributed by atoms with Gasteiger partial charge in [-0.15, -0.1) is 0 Å². The number of carbonyl (C=O) groups is 2. The van der Waals surface area contributed by atoms with Crippen molar-refractivity contribution >= 4 is 19.8 Å². The molecule has 0 radical (unpaired) electrons. The summed E-state index contributed by atoms with van der Waals surface area (Å²) in [5.41, 5.74) is 0. The second kappa shape index (κ2) is 42.5. The van der Waals surface area contributed by atoms with Gasteiger partial charge in [-0.2, -0.15) is 0 Å². The highest BCUT2D eigenvalue weighted by molar-refractivity contribution is 7.47. The summed E-state index contributed by atoms with van der Waals surface area (Å²) in [6.45, 7) is 4.03.